The molecule has 0 spiro atoms. The van der Waals surface area contributed by atoms with Crippen LogP contribution in [0.4, 0.5) is 16.2 Å². The summed E-state index contributed by atoms with van der Waals surface area (Å²) in [5.74, 6) is -1.29. The normalized spacial score (nSPS) is 22.9. The molecule has 3 aromatic carbocycles. The van der Waals surface area contributed by atoms with Crippen molar-refractivity contribution in [1.82, 2.24) is 4.90 Å². The van der Waals surface area contributed by atoms with Crippen LogP contribution in [0.2, 0.25) is 0 Å². The highest BCUT2D eigenvalue weighted by atomic mass is 16.7. The molecular formula is C46H56N4O12. The molecule has 16 heteroatoms. The van der Waals surface area contributed by atoms with Gasteiger partial charge in [0.1, 0.15) is 29.9 Å². The topological polar surface area (TPSA) is 206 Å². The number of ether oxygens (including phenoxy) is 4. The van der Waals surface area contributed by atoms with E-state index >= 15 is 0 Å². The number of nitro groups is 2. The third-order valence-corrected chi connectivity index (χ3v) is 11.8. The third kappa shape index (κ3) is 10.1. The van der Waals surface area contributed by atoms with E-state index in [1.165, 1.54) is 24.3 Å². The number of nitro benzene ring substituents is 2. The molecule has 1 aliphatic heterocycles. The van der Waals surface area contributed by atoms with E-state index in [1.54, 1.807) is 48.2 Å². The van der Waals surface area contributed by atoms with Crippen LogP contribution in [-0.2, 0) is 20.9 Å². The van der Waals surface area contributed by atoms with Crippen molar-refractivity contribution in [3.05, 3.63) is 122 Å². The van der Waals surface area contributed by atoms with Crippen LogP contribution in [0.25, 0.3) is 0 Å². The Balaban J connectivity index is 1.56. The zero-order valence-corrected chi connectivity index (χ0v) is 35.3. The standard InChI is InChI=1S/C46H56N4O12/c1-4-22-48(45(53)58-6-3)42-29-40(47-60-30-31-16-18-33(19-17-31)49(54)55)38-26-32(12-7-9-23-51)37(15-8-10-24-52)43-39-28-36(61-35-14-11-13-34(27-35)50(56)57)20-21-41(39)62-46(42,44(38)43)59-25-5-2/h5,11,13-14,16-21,26-28,32,37,42-44,51-52H,2,4,6-10,12,15,22-25,29-30H2,1,3H3/t32-,37+,42-,43+,44+,46+/m0/s1. The molecule has 332 valence electrons. The number of unbranched alkanes of at least 4 members (excludes halogenated alkanes) is 2. The Morgan fingerprint density at radius 2 is 1.69 bits per heavy atom. The van der Waals surface area contributed by atoms with E-state index in [-0.39, 0.29) is 74.3 Å². The first-order valence-electron chi connectivity index (χ1n) is 21.4. The lowest BCUT2D eigenvalue weighted by atomic mass is 9.55. The van der Waals surface area contributed by atoms with Gasteiger partial charge in [-0.2, -0.15) is 0 Å². The molecule has 3 aliphatic rings. The van der Waals surface area contributed by atoms with Gasteiger partial charge in [0.25, 0.3) is 11.4 Å². The van der Waals surface area contributed by atoms with Crippen molar-refractivity contribution < 1.29 is 48.6 Å². The number of carbonyl (C=O) groups excluding carboxylic acids is 1. The number of benzene rings is 3. The summed E-state index contributed by atoms with van der Waals surface area (Å²) in [5.41, 5.74) is 2.72. The average Bonchev–Trinajstić information content (AvgIpc) is 3.26. The summed E-state index contributed by atoms with van der Waals surface area (Å²) in [6.45, 7) is 8.31. The lowest BCUT2D eigenvalue weighted by molar-refractivity contribution is -0.385. The van der Waals surface area contributed by atoms with E-state index in [4.69, 9.17) is 28.9 Å². The van der Waals surface area contributed by atoms with Crippen molar-refractivity contribution in [2.75, 3.05) is 33.0 Å². The maximum Gasteiger partial charge on any atom is 0.410 e. The number of carbonyl (C=O) groups is 1. The van der Waals surface area contributed by atoms with Crippen LogP contribution in [0.3, 0.4) is 0 Å². The smallest absolute Gasteiger partial charge is 0.410 e. The van der Waals surface area contributed by atoms with Gasteiger partial charge >= 0.3 is 6.09 Å². The first kappa shape index (κ1) is 45.7. The molecule has 0 radical (unpaired) electrons. The van der Waals surface area contributed by atoms with Crippen molar-refractivity contribution in [1.29, 1.82) is 0 Å². The number of nitrogens with zero attached hydrogens (tertiary/aromatic N) is 4. The van der Waals surface area contributed by atoms with Crippen molar-refractivity contribution in [3.63, 3.8) is 0 Å². The Morgan fingerprint density at radius 3 is 2.37 bits per heavy atom. The van der Waals surface area contributed by atoms with Gasteiger partial charge < -0.3 is 34.0 Å². The van der Waals surface area contributed by atoms with Gasteiger partial charge in [0.2, 0.25) is 5.79 Å². The molecule has 0 unspecified atom stereocenters. The summed E-state index contributed by atoms with van der Waals surface area (Å²) in [4.78, 5) is 43.8. The van der Waals surface area contributed by atoms with Gasteiger partial charge in [-0.3, -0.25) is 25.1 Å². The number of hydrogen-bond acceptors (Lipinski definition) is 13. The molecule has 0 bridgehead atoms. The molecule has 1 saturated carbocycles. The highest BCUT2D eigenvalue weighted by molar-refractivity contribution is 6.03. The number of rotatable bonds is 22. The van der Waals surface area contributed by atoms with Gasteiger partial charge in [-0.05, 0) is 98.4 Å². The lowest BCUT2D eigenvalue weighted by Crippen LogP contribution is -2.70. The van der Waals surface area contributed by atoms with Gasteiger partial charge in [0.05, 0.1) is 40.8 Å². The van der Waals surface area contributed by atoms with Crippen molar-refractivity contribution in [2.24, 2.45) is 22.9 Å². The van der Waals surface area contributed by atoms with E-state index in [0.717, 1.165) is 30.4 Å². The third-order valence-electron chi connectivity index (χ3n) is 11.8. The van der Waals surface area contributed by atoms with E-state index in [9.17, 15) is 35.2 Å². The van der Waals surface area contributed by atoms with E-state index < -0.39 is 33.7 Å². The Hall–Kier alpha value is -5.84. The second kappa shape index (κ2) is 21.3. The number of oxime groups is 1. The van der Waals surface area contributed by atoms with E-state index in [0.29, 0.717) is 55.0 Å². The van der Waals surface area contributed by atoms with Crippen LogP contribution in [0.15, 0.2) is 96.2 Å². The minimum absolute atomic E-state index is 0.0174. The quantitative estimate of drug-likeness (QED) is 0.0420. The van der Waals surface area contributed by atoms with Crippen LogP contribution < -0.4 is 9.47 Å². The molecular weight excluding hydrogens is 801 g/mol. The first-order valence-corrected chi connectivity index (χ1v) is 21.4. The molecule has 1 amide bonds. The van der Waals surface area contributed by atoms with Crippen molar-refractivity contribution in [3.8, 4) is 17.2 Å². The molecule has 6 atom stereocenters. The molecule has 2 N–H and O–H groups in total. The Morgan fingerprint density at radius 1 is 0.968 bits per heavy atom. The maximum absolute atomic E-state index is 14.1. The monoisotopic (exact) mass is 856 g/mol. The SMILES string of the molecule is C=CCO[C@@]12Oc3ccc(Oc4cccc([N+](=O)[O-])c4)cc3[C@H]3[C@H](CCCCO)[C@@H](CCCCO)C=C(C(=NOCc4ccc([N+](=O)[O-])cc4)C[C@@H]1N(CCC)C(=O)OCC)[C@H]32. The molecule has 6 rings (SSSR count). The number of hydrogen-bond donors (Lipinski definition) is 2. The highest BCUT2D eigenvalue weighted by Crippen LogP contribution is 2.62. The van der Waals surface area contributed by atoms with Crippen molar-refractivity contribution in [2.45, 2.75) is 89.6 Å². The summed E-state index contributed by atoms with van der Waals surface area (Å²) < 4.78 is 26.1. The molecule has 1 heterocycles. The van der Waals surface area contributed by atoms with Crippen LogP contribution in [0.5, 0.6) is 17.2 Å². The molecule has 16 nitrogen and oxygen atoms in total. The lowest BCUT2D eigenvalue weighted by Gasteiger charge is -2.59. The number of aliphatic hydroxyl groups excluding tert-OH is 2. The summed E-state index contributed by atoms with van der Waals surface area (Å²) in [5, 5.41) is 47.5. The average molecular weight is 857 g/mol. The number of amides is 1. The zero-order chi connectivity index (χ0) is 44.2. The molecule has 3 aromatic rings. The fourth-order valence-corrected chi connectivity index (χ4v) is 9.23. The summed E-state index contributed by atoms with van der Waals surface area (Å²) in [6.07, 6.45) is 8.20. The molecule has 0 saturated heterocycles. The summed E-state index contributed by atoms with van der Waals surface area (Å²) >= 11 is 0. The molecule has 0 aromatic heterocycles. The first-order chi connectivity index (χ1) is 30.1. The minimum Gasteiger partial charge on any atom is -0.459 e. The van der Waals surface area contributed by atoms with Gasteiger partial charge in [0.15, 0.2) is 0 Å². The second-order valence-electron chi connectivity index (χ2n) is 15.7. The molecule has 2 aliphatic carbocycles. The number of allylic oxidation sites excluding steroid dienone is 1. The second-order valence-corrected chi connectivity index (χ2v) is 15.7. The number of non-ortho nitro benzene ring substituents is 2. The zero-order valence-electron chi connectivity index (χ0n) is 35.3. The van der Waals surface area contributed by atoms with Gasteiger partial charge in [-0.25, -0.2) is 4.79 Å². The number of aliphatic hydroxyl groups is 2. The van der Waals surface area contributed by atoms with E-state index in [2.05, 4.69) is 12.7 Å². The predicted molar refractivity (Wildman–Crippen MR) is 230 cm³/mol. The molecule has 62 heavy (non-hydrogen) atoms. The fourth-order valence-electron chi connectivity index (χ4n) is 9.23. The Bertz CT molecular complexity index is 2110. The summed E-state index contributed by atoms with van der Waals surface area (Å²) in [6, 6.07) is 16.7. The van der Waals surface area contributed by atoms with Gasteiger partial charge in [-0.15, -0.1) is 6.58 Å². The van der Waals surface area contributed by atoms with E-state index in [1.807, 2.05) is 19.1 Å². The maximum atomic E-state index is 14.1. The predicted octanol–water partition coefficient (Wildman–Crippen LogP) is 9.00. The van der Waals surface area contributed by atoms with Crippen LogP contribution in [0.1, 0.15) is 82.3 Å². The van der Waals surface area contributed by atoms with Crippen LogP contribution >= 0.6 is 0 Å². The van der Waals surface area contributed by atoms with Gasteiger partial charge in [-0.1, -0.05) is 43.1 Å². The number of fused-ring (bicyclic) bond motifs is 2. The Labute approximate surface area is 361 Å². The van der Waals surface area contributed by atoms with Crippen LogP contribution in [0, 0.1) is 38.0 Å². The van der Waals surface area contributed by atoms with Crippen LogP contribution in [-0.4, -0.2) is 81.6 Å². The fraction of sp³-hybridized carbons (Fsp3) is 0.478. The largest absolute Gasteiger partial charge is 0.459 e. The Kier molecular flexibility index (Phi) is 15.7. The minimum atomic E-state index is -1.50. The van der Waals surface area contributed by atoms with Crippen molar-refractivity contribution >= 4 is 23.2 Å². The highest BCUT2D eigenvalue weighted by Gasteiger charge is 2.65. The summed E-state index contributed by atoms with van der Waals surface area (Å²) in [7, 11) is 0. The molecule has 1 fully saturated rings. The van der Waals surface area contributed by atoms with Gasteiger partial charge in [0, 0.05) is 55.9 Å².